The van der Waals surface area contributed by atoms with Crippen molar-refractivity contribution in [3.05, 3.63) is 27.7 Å². The summed E-state index contributed by atoms with van der Waals surface area (Å²) >= 11 is 3.47. The molecule has 1 fully saturated rings. The molecule has 1 aliphatic rings. The maximum Gasteiger partial charge on any atom is 0.123 e. The minimum absolute atomic E-state index is 0.277. The van der Waals surface area contributed by atoms with Gasteiger partial charge in [-0.1, -0.05) is 15.9 Å². The molecule has 0 radical (unpaired) electrons. The molecule has 0 bridgehead atoms. The summed E-state index contributed by atoms with van der Waals surface area (Å²) in [4.78, 5) is 2.31. The normalized spacial score (nSPS) is 21.7. The smallest absolute Gasteiger partial charge is 0.123 e. The highest BCUT2D eigenvalue weighted by molar-refractivity contribution is 9.10. The molecule has 1 aromatic carbocycles. The molecule has 1 saturated heterocycles. The summed E-state index contributed by atoms with van der Waals surface area (Å²) in [6, 6.07) is 3.92. The Morgan fingerprint density at radius 3 is 3.00 bits per heavy atom. The molecule has 1 N–H and O–H groups in total. The highest BCUT2D eigenvalue weighted by Gasteiger charge is 2.18. The first-order chi connectivity index (χ1) is 8.06. The average molecular weight is 300 g/mol. The van der Waals surface area contributed by atoms with Crippen LogP contribution in [0.2, 0.25) is 0 Å². The Labute approximate surface area is 111 Å². The van der Waals surface area contributed by atoms with Crippen LogP contribution in [-0.2, 0) is 11.3 Å². The van der Waals surface area contributed by atoms with Crippen molar-refractivity contribution in [3.63, 3.8) is 0 Å². The topological polar surface area (TPSA) is 32.7 Å². The van der Waals surface area contributed by atoms with E-state index < -0.39 is 0 Å². The summed E-state index contributed by atoms with van der Waals surface area (Å²) in [5.41, 5.74) is 1.89. The fourth-order valence-electron chi connectivity index (χ4n) is 2.20. The molecule has 94 valence electrons. The number of rotatable bonds is 2. The Bertz CT molecular complexity index is 409. The van der Waals surface area contributed by atoms with Crippen LogP contribution in [0.4, 0.5) is 0 Å². The minimum Gasteiger partial charge on any atom is -0.507 e. The van der Waals surface area contributed by atoms with Crippen LogP contribution in [0.5, 0.6) is 5.75 Å². The Morgan fingerprint density at radius 1 is 1.53 bits per heavy atom. The lowest BCUT2D eigenvalue weighted by Gasteiger charge is -2.31. The SMILES string of the molecule is Cc1cc(Br)cc(CN2CCOC(C)C2)c1O. The van der Waals surface area contributed by atoms with Gasteiger partial charge in [0.2, 0.25) is 0 Å². The van der Waals surface area contributed by atoms with E-state index in [1.165, 1.54) is 0 Å². The summed E-state index contributed by atoms with van der Waals surface area (Å²) < 4.78 is 6.53. The van der Waals surface area contributed by atoms with E-state index in [4.69, 9.17) is 4.74 Å². The second-order valence-corrected chi connectivity index (χ2v) is 5.56. The predicted octanol–water partition coefficient (Wildman–Crippen LogP) is 2.68. The van der Waals surface area contributed by atoms with Crippen molar-refractivity contribution in [2.24, 2.45) is 0 Å². The zero-order valence-corrected chi connectivity index (χ0v) is 11.8. The Morgan fingerprint density at radius 2 is 2.29 bits per heavy atom. The van der Waals surface area contributed by atoms with Gasteiger partial charge >= 0.3 is 0 Å². The third-order valence-electron chi connectivity index (χ3n) is 3.06. The van der Waals surface area contributed by atoms with Crippen LogP contribution in [0.25, 0.3) is 0 Å². The van der Waals surface area contributed by atoms with Crippen LogP contribution in [0.15, 0.2) is 16.6 Å². The highest BCUT2D eigenvalue weighted by atomic mass is 79.9. The van der Waals surface area contributed by atoms with Gasteiger partial charge in [-0.05, 0) is 31.5 Å². The van der Waals surface area contributed by atoms with Gasteiger partial charge in [0, 0.05) is 29.7 Å². The fraction of sp³-hybridized carbons (Fsp3) is 0.538. The molecule has 0 aliphatic carbocycles. The molecule has 1 unspecified atom stereocenters. The van der Waals surface area contributed by atoms with Crippen LogP contribution in [0, 0.1) is 6.92 Å². The molecule has 1 atom stereocenters. The highest BCUT2D eigenvalue weighted by Crippen LogP contribution is 2.28. The van der Waals surface area contributed by atoms with E-state index in [2.05, 4.69) is 27.8 Å². The number of phenolic OH excluding ortho intramolecular Hbond substituents is 1. The van der Waals surface area contributed by atoms with Gasteiger partial charge < -0.3 is 9.84 Å². The zero-order chi connectivity index (χ0) is 12.4. The van der Waals surface area contributed by atoms with Crippen molar-refractivity contribution in [2.75, 3.05) is 19.7 Å². The van der Waals surface area contributed by atoms with Gasteiger partial charge in [0.05, 0.1) is 12.7 Å². The maximum absolute atomic E-state index is 10.0. The first-order valence-corrected chi connectivity index (χ1v) is 6.67. The lowest BCUT2D eigenvalue weighted by molar-refractivity contribution is -0.0214. The van der Waals surface area contributed by atoms with Gasteiger partial charge in [0.1, 0.15) is 5.75 Å². The largest absolute Gasteiger partial charge is 0.507 e. The summed E-state index contributed by atoms with van der Waals surface area (Å²) in [5.74, 6) is 0.410. The van der Waals surface area contributed by atoms with Gasteiger partial charge in [-0.3, -0.25) is 4.90 Å². The molecular weight excluding hydrogens is 282 g/mol. The average Bonchev–Trinajstić information content (AvgIpc) is 2.25. The summed E-state index contributed by atoms with van der Waals surface area (Å²) in [5, 5.41) is 10.0. The molecule has 1 aromatic rings. The molecule has 1 aliphatic heterocycles. The van der Waals surface area contributed by atoms with Crippen LogP contribution < -0.4 is 0 Å². The number of phenols is 1. The molecule has 0 aromatic heterocycles. The van der Waals surface area contributed by atoms with Gasteiger partial charge in [0.15, 0.2) is 0 Å². The lowest BCUT2D eigenvalue weighted by atomic mass is 10.1. The minimum atomic E-state index is 0.277. The number of morpholine rings is 1. The standard InChI is InChI=1S/C13H18BrNO2/c1-9-5-12(14)6-11(13(9)16)8-15-3-4-17-10(2)7-15/h5-6,10,16H,3-4,7-8H2,1-2H3. The van der Waals surface area contributed by atoms with Crippen LogP contribution in [-0.4, -0.2) is 35.8 Å². The number of benzene rings is 1. The molecular formula is C13H18BrNO2. The summed E-state index contributed by atoms with van der Waals surface area (Å²) in [6.45, 7) is 7.40. The predicted molar refractivity (Wildman–Crippen MR) is 71.2 cm³/mol. The van der Waals surface area contributed by atoms with E-state index in [1.54, 1.807) is 0 Å². The molecule has 0 spiro atoms. The number of halogens is 1. The quantitative estimate of drug-likeness (QED) is 0.911. The van der Waals surface area contributed by atoms with Gasteiger partial charge in [0.25, 0.3) is 0 Å². The van der Waals surface area contributed by atoms with E-state index in [0.717, 1.165) is 41.8 Å². The van der Waals surface area contributed by atoms with Crippen LogP contribution in [0.3, 0.4) is 0 Å². The third-order valence-corrected chi connectivity index (χ3v) is 3.52. The zero-order valence-electron chi connectivity index (χ0n) is 10.2. The van der Waals surface area contributed by atoms with Crippen molar-refractivity contribution >= 4 is 15.9 Å². The molecule has 3 nitrogen and oxygen atoms in total. The Kier molecular flexibility index (Phi) is 4.07. The maximum atomic E-state index is 10.0. The Hall–Kier alpha value is -0.580. The van der Waals surface area contributed by atoms with E-state index >= 15 is 0 Å². The second-order valence-electron chi connectivity index (χ2n) is 4.65. The third kappa shape index (κ3) is 3.21. The molecule has 1 heterocycles. The van der Waals surface area contributed by atoms with Gasteiger partial charge in [-0.15, -0.1) is 0 Å². The number of aromatic hydroxyl groups is 1. The monoisotopic (exact) mass is 299 g/mol. The van der Waals surface area contributed by atoms with Crippen molar-refractivity contribution in [1.29, 1.82) is 0 Å². The van der Waals surface area contributed by atoms with E-state index in [0.29, 0.717) is 5.75 Å². The fourth-order valence-corrected chi connectivity index (χ4v) is 2.82. The number of hydrogen-bond donors (Lipinski definition) is 1. The number of hydrogen-bond acceptors (Lipinski definition) is 3. The van der Waals surface area contributed by atoms with Crippen molar-refractivity contribution in [2.45, 2.75) is 26.5 Å². The first kappa shape index (κ1) is 12.9. The molecule has 4 heteroatoms. The van der Waals surface area contributed by atoms with Gasteiger partial charge in [-0.25, -0.2) is 0 Å². The lowest BCUT2D eigenvalue weighted by Crippen LogP contribution is -2.40. The molecule has 0 amide bonds. The molecule has 0 saturated carbocycles. The number of aryl methyl sites for hydroxylation is 1. The summed E-state index contributed by atoms with van der Waals surface area (Å²) in [6.07, 6.45) is 0.277. The van der Waals surface area contributed by atoms with E-state index in [1.807, 2.05) is 19.1 Å². The van der Waals surface area contributed by atoms with E-state index in [9.17, 15) is 5.11 Å². The van der Waals surface area contributed by atoms with Crippen molar-refractivity contribution in [3.8, 4) is 5.75 Å². The Balaban J connectivity index is 2.12. The van der Waals surface area contributed by atoms with Crippen LogP contribution >= 0.6 is 15.9 Å². The van der Waals surface area contributed by atoms with Crippen LogP contribution in [0.1, 0.15) is 18.1 Å². The van der Waals surface area contributed by atoms with E-state index in [-0.39, 0.29) is 6.10 Å². The number of ether oxygens (including phenoxy) is 1. The molecule has 2 rings (SSSR count). The summed E-state index contributed by atoms with van der Waals surface area (Å²) in [7, 11) is 0. The van der Waals surface area contributed by atoms with Crippen molar-refractivity contribution < 1.29 is 9.84 Å². The van der Waals surface area contributed by atoms with Gasteiger partial charge in [-0.2, -0.15) is 0 Å². The second kappa shape index (κ2) is 5.38. The van der Waals surface area contributed by atoms with Crippen molar-refractivity contribution in [1.82, 2.24) is 4.90 Å². The first-order valence-electron chi connectivity index (χ1n) is 5.88. The molecule has 17 heavy (non-hydrogen) atoms. The number of nitrogens with zero attached hydrogens (tertiary/aromatic N) is 1.